The fourth-order valence-corrected chi connectivity index (χ4v) is 5.50. The van der Waals surface area contributed by atoms with Crippen molar-refractivity contribution in [3.63, 3.8) is 0 Å². The van der Waals surface area contributed by atoms with Gasteiger partial charge in [-0.2, -0.15) is 5.06 Å². The minimum absolute atomic E-state index is 0.178. The summed E-state index contributed by atoms with van der Waals surface area (Å²) in [4.78, 5) is 6.65. The van der Waals surface area contributed by atoms with Gasteiger partial charge in [-0.05, 0) is 51.0 Å². The molecular weight excluding hydrogens is 385 g/mol. The van der Waals surface area contributed by atoms with Gasteiger partial charge in [0, 0.05) is 19.8 Å². The van der Waals surface area contributed by atoms with E-state index in [2.05, 4.69) is 18.7 Å². The second kappa shape index (κ2) is 10.9. The molecule has 0 N–H and O–H groups in total. The maximum absolute atomic E-state index is 13.6. The molecule has 0 spiro atoms. The van der Waals surface area contributed by atoms with Crippen LogP contribution >= 0.6 is 7.60 Å². The molecule has 0 aliphatic carbocycles. The van der Waals surface area contributed by atoms with Crippen molar-refractivity contribution in [2.75, 3.05) is 14.2 Å². The van der Waals surface area contributed by atoms with Crippen molar-refractivity contribution >= 4 is 7.60 Å². The number of hydroxylamine groups is 2. The summed E-state index contributed by atoms with van der Waals surface area (Å²) < 4.78 is 24.5. The summed E-state index contributed by atoms with van der Waals surface area (Å²) >= 11 is 0. The highest BCUT2D eigenvalue weighted by molar-refractivity contribution is 7.54. The molecular formula is C23H40NO4P. The van der Waals surface area contributed by atoms with Crippen LogP contribution in [-0.4, -0.2) is 30.6 Å². The maximum Gasteiger partial charge on any atom is 0.350 e. The van der Waals surface area contributed by atoms with Crippen LogP contribution in [0.5, 0.6) is 0 Å². The van der Waals surface area contributed by atoms with Gasteiger partial charge in [-0.25, -0.2) is 0 Å². The third kappa shape index (κ3) is 7.34. The van der Waals surface area contributed by atoms with Crippen LogP contribution in [0.4, 0.5) is 0 Å². The predicted molar refractivity (Wildman–Crippen MR) is 121 cm³/mol. The van der Waals surface area contributed by atoms with Gasteiger partial charge in [0.1, 0.15) is 11.9 Å². The Hall–Kier alpha value is -0.970. The molecule has 0 radical (unpaired) electrons. The van der Waals surface area contributed by atoms with Crippen molar-refractivity contribution in [3.05, 3.63) is 48.6 Å². The monoisotopic (exact) mass is 425 g/mol. The fourth-order valence-electron chi connectivity index (χ4n) is 3.34. The fraction of sp³-hybridized carbons (Fsp3) is 0.652. The molecule has 0 heterocycles. The van der Waals surface area contributed by atoms with Crippen LogP contribution in [0.2, 0.25) is 0 Å². The lowest BCUT2D eigenvalue weighted by Gasteiger charge is -2.48. The molecule has 166 valence electrons. The molecule has 0 bridgehead atoms. The van der Waals surface area contributed by atoms with Crippen LogP contribution in [0.25, 0.3) is 0 Å². The second-order valence-corrected chi connectivity index (χ2v) is 11.7. The first-order valence-corrected chi connectivity index (χ1v) is 11.8. The van der Waals surface area contributed by atoms with Crippen LogP contribution < -0.4 is 0 Å². The highest BCUT2D eigenvalue weighted by atomic mass is 31.2. The SMILES string of the molecule is C=CCCCC(ON(C(C(C)(C)C)P(=O)(OC)OC)C(C)(C)C)c1ccccc1. The molecule has 29 heavy (non-hydrogen) atoms. The molecule has 0 fully saturated rings. The van der Waals surface area contributed by atoms with E-state index < -0.39 is 24.3 Å². The first-order valence-electron chi connectivity index (χ1n) is 10.2. The van der Waals surface area contributed by atoms with Crippen molar-refractivity contribution in [2.24, 2.45) is 5.41 Å². The number of unbranched alkanes of at least 4 members (excludes halogenated alkanes) is 1. The summed E-state index contributed by atoms with van der Waals surface area (Å²) in [6.45, 7) is 16.1. The number of nitrogens with zero attached hydrogens (tertiary/aromatic N) is 1. The van der Waals surface area contributed by atoms with Crippen LogP contribution in [0.15, 0.2) is 43.0 Å². The Morgan fingerprint density at radius 2 is 1.62 bits per heavy atom. The number of hydrogen-bond acceptors (Lipinski definition) is 5. The Morgan fingerprint density at radius 3 is 2.03 bits per heavy atom. The zero-order valence-electron chi connectivity index (χ0n) is 19.5. The summed E-state index contributed by atoms with van der Waals surface area (Å²) in [7, 11) is -0.594. The van der Waals surface area contributed by atoms with E-state index in [1.807, 2.05) is 70.9 Å². The van der Waals surface area contributed by atoms with Gasteiger partial charge >= 0.3 is 7.60 Å². The molecule has 5 nitrogen and oxygen atoms in total. The van der Waals surface area contributed by atoms with Gasteiger partial charge < -0.3 is 9.05 Å². The van der Waals surface area contributed by atoms with E-state index in [9.17, 15) is 4.57 Å². The molecule has 0 aromatic heterocycles. The molecule has 1 aromatic rings. The Morgan fingerprint density at radius 1 is 1.07 bits per heavy atom. The smallest absolute Gasteiger partial charge is 0.311 e. The van der Waals surface area contributed by atoms with Crippen molar-refractivity contribution in [2.45, 2.75) is 78.2 Å². The lowest BCUT2D eigenvalue weighted by molar-refractivity contribution is -0.269. The lowest BCUT2D eigenvalue weighted by Crippen LogP contribution is -2.53. The quantitative estimate of drug-likeness (QED) is 0.166. The van der Waals surface area contributed by atoms with E-state index in [0.29, 0.717) is 0 Å². The standard InChI is InChI=1S/C23H40NO4P/c1-10-11-13-18-20(19-16-14-12-15-17-19)28-24(23(5,6)7)21(22(2,3)4)29(25,26-8)27-9/h10,12,14-17,20-21H,1,11,13,18H2,2-9H3. The zero-order valence-corrected chi connectivity index (χ0v) is 20.4. The number of allylic oxidation sites excluding steroid dienone is 1. The van der Waals surface area contributed by atoms with Gasteiger partial charge in [0.25, 0.3) is 0 Å². The van der Waals surface area contributed by atoms with Crippen molar-refractivity contribution in [1.29, 1.82) is 0 Å². The van der Waals surface area contributed by atoms with Gasteiger partial charge in [-0.3, -0.25) is 9.40 Å². The van der Waals surface area contributed by atoms with Crippen LogP contribution in [0.1, 0.15) is 72.5 Å². The highest BCUT2D eigenvalue weighted by Gasteiger charge is 2.51. The van der Waals surface area contributed by atoms with E-state index in [4.69, 9.17) is 13.9 Å². The molecule has 2 atom stereocenters. The van der Waals surface area contributed by atoms with Gasteiger partial charge in [-0.1, -0.05) is 57.2 Å². The number of hydrogen-bond donors (Lipinski definition) is 0. The highest BCUT2D eigenvalue weighted by Crippen LogP contribution is 2.60. The molecule has 1 aromatic carbocycles. The summed E-state index contributed by atoms with van der Waals surface area (Å²) in [5, 5.41) is 1.84. The Balaban J connectivity index is 3.42. The second-order valence-electron chi connectivity index (χ2n) is 9.37. The van der Waals surface area contributed by atoms with Gasteiger partial charge in [-0.15, -0.1) is 6.58 Å². The number of rotatable bonds is 11. The molecule has 0 saturated carbocycles. The Kier molecular flexibility index (Phi) is 9.78. The normalized spacial score (nSPS) is 15.3. The molecule has 0 aliphatic heterocycles. The van der Waals surface area contributed by atoms with Crippen molar-refractivity contribution in [3.8, 4) is 0 Å². The van der Waals surface area contributed by atoms with E-state index in [1.54, 1.807) is 0 Å². The van der Waals surface area contributed by atoms with Gasteiger partial charge in [0.2, 0.25) is 0 Å². The van der Waals surface area contributed by atoms with E-state index >= 15 is 0 Å². The van der Waals surface area contributed by atoms with Crippen molar-refractivity contribution < 1.29 is 18.5 Å². The summed E-state index contributed by atoms with van der Waals surface area (Å²) in [6.07, 6.45) is 4.44. The maximum atomic E-state index is 13.6. The first-order chi connectivity index (χ1) is 13.4. The molecule has 2 unspecified atom stereocenters. The Bertz CT molecular complexity index is 656. The zero-order chi connectivity index (χ0) is 22.3. The summed E-state index contributed by atoms with van der Waals surface area (Å²) in [6, 6.07) is 10.2. The average molecular weight is 426 g/mol. The molecule has 0 saturated heterocycles. The molecule has 1 rings (SSSR count). The van der Waals surface area contributed by atoms with Gasteiger partial charge in [0.15, 0.2) is 0 Å². The number of benzene rings is 1. The third-order valence-corrected chi connectivity index (χ3v) is 7.35. The molecule has 0 aliphatic rings. The van der Waals surface area contributed by atoms with Crippen molar-refractivity contribution in [1.82, 2.24) is 5.06 Å². The minimum Gasteiger partial charge on any atom is -0.311 e. The minimum atomic E-state index is -3.46. The van der Waals surface area contributed by atoms with Crippen LogP contribution in [-0.2, 0) is 18.5 Å². The van der Waals surface area contributed by atoms with Crippen LogP contribution in [0, 0.1) is 5.41 Å². The average Bonchev–Trinajstić information content (AvgIpc) is 2.65. The van der Waals surface area contributed by atoms with Crippen LogP contribution in [0.3, 0.4) is 0 Å². The topological polar surface area (TPSA) is 48.0 Å². The lowest BCUT2D eigenvalue weighted by atomic mass is 9.94. The van der Waals surface area contributed by atoms with E-state index in [-0.39, 0.29) is 6.10 Å². The Labute approximate surface area is 177 Å². The molecule has 6 heteroatoms. The van der Waals surface area contributed by atoms with Gasteiger partial charge in [0.05, 0.1) is 0 Å². The van der Waals surface area contributed by atoms with E-state index in [0.717, 1.165) is 24.8 Å². The summed E-state index contributed by atoms with van der Waals surface area (Å²) in [5.41, 5.74) is 0.232. The largest absolute Gasteiger partial charge is 0.350 e. The first kappa shape index (κ1) is 26.1. The third-order valence-electron chi connectivity index (χ3n) is 4.75. The summed E-state index contributed by atoms with van der Waals surface area (Å²) in [5.74, 6) is -0.587. The predicted octanol–water partition coefficient (Wildman–Crippen LogP) is 6.97. The molecule has 0 amide bonds. The van der Waals surface area contributed by atoms with E-state index in [1.165, 1.54) is 14.2 Å².